The molecule has 142 valence electrons. The number of hydrogen-bond acceptors (Lipinski definition) is 2. The van der Waals surface area contributed by atoms with E-state index < -0.39 is 0 Å². The summed E-state index contributed by atoms with van der Waals surface area (Å²) in [6.45, 7) is 4.30. The minimum atomic E-state index is -0.376. The van der Waals surface area contributed by atoms with Crippen LogP contribution in [0.15, 0.2) is 54.2 Å². The van der Waals surface area contributed by atoms with Crippen molar-refractivity contribution in [3.8, 4) is 6.07 Å². The molecule has 0 saturated heterocycles. The Labute approximate surface area is 174 Å². The number of amides is 1. The molecule has 6 heteroatoms. The van der Waals surface area contributed by atoms with Crippen LogP contribution in [0, 0.1) is 11.3 Å². The van der Waals surface area contributed by atoms with Crippen LogP contribution in [0.1, 0.15) is 25.0 Å². The van der Waals surface area contributed by atoms with Crippen LogP contribution < -0.4 is 5.32 Å². The lowest BCUT2D eigenvalue weighted by atomic mass is 10.1. The van der Waals surface area contributed by atoms with Crippen molar-refractivity contribution in [2.24, 2.45) is 0 Å². The summed E-state index contributed by atoms with van der Waals surface area (Å²) in [6, 6.07) is 15.4. The first-order valence-electron chi connectivity index (χ1n) is 8.83. The van der Waals surface area contributed by atoms with E-state index in [1.165, 1.54) is 0 Å². The van der Waals surface area contributed by atoms with E-state index >= 15 is 0 Å². The molecule has 1 heterocycles. The standard InChI is InChI=1S/C22H19Cl2N3O/c1-14(2)26-22(28)16(11-25)10-17-13-27(21-6-4-3-5-18(17)21)12-15-7-8-19(23)20(24)9-15/h3-10,13-14H,12H2,1-2H3,(H,26,28)/b16-10-. The Balaban J connectivity index is 2.03. The molecule has 0 atom stereocenters. The summed E-state index contributed by atoms with van der Waals surface area (Å²) >= 11 is 12.1. The molecular weight excluding hydrogens is 393 g/mol. The highest BCUT2D eigenvalue weighted by molar-refractivity contribution is 6.42. The molecule has 0 aliphatic rings. The second-order valence-electron chi connectivity index (χ2n) is 6.78. The average Bonchev–Trinajstić information content (AvgIpc) is 2.99. The highest BCUT2D eigenvalue weighted by atomic mass is 35.5. The molecule has 3 rings (SSSR count). The predicted octanol–water partition coefficient (Wildman–Crippen LogP) is 5.43. The Bertz CT molecular complexity index is 1110. The maximum Gasteiger partial charge on any atom is 0.262 e. The molecule has 28 heavy (non-hydrogen) atoms. The largest absolute Gasteiger partial charge is 0.349 e. The topological polar surface area (TPSA) is 57.8 Å². The third kappa shape index (κ3) is 4.39. The molecular formula is C22H19Cl2N3O. The number of fused-ring (bicyclic) bond motifs is 1. The fourth-order valence-corrected chi connectivity index (χ4v) is 3.32. The van der Waals surface area contributed by atoms with Gasteiger partial charge in [-0.05, 0) is 43.7 Å². The number of nitrogens with one attached hydrogen (secondary N) is 1. The summed E-state index contributed by atoms with van der Waals surface area (Å²) in [5, 5.41) is 14.2. The smallest absolute Gasteiger partial charge is 0.262 e. The number of hydrogen-bond donors (Lipinski definition) is 1. The zero-order valence-electron chi connectivity index (χ0n) is 15.5. The van der Waals surface area contributed by atoms with Crippen molar-refractivity contribution < 1.29 is 4.79 Å². The Morgan fingerprint density at radius 3 is 2.64 bits per heavy atom. The summed E-state index contributed by atoms with van der Waals surface area (Å²) in [4.78, 5) is 12.3. The van der Waals surface area contributed by atoms with E-state index in [9.17, 15) is 10.1 Å². The second kappa shape index (κ2) is 8.52. The summed E-state index contributed by atoms with van der Waals surface area (Å²) in [5.41, 5.74) is 2.89. The lowest BCUT2D eigenvalue weighted by Gasteiger charge is -2.07. The molecule has 0 radical (unpaired) electrons. The van der Waals surface area contributed by atoms with Crippen LogP contribution in [0.25, 0.3) is 17.0 Å². The Hall–Kier alpha value is -2.74. The van der Waals surface area contributed by atoms with Gasteiger partial charge in [0.05, 0.1) is 10.0 Å². The molecule has 0 unspecified atom stereocenters. The second-order valence-corrected chi connectivity index (χ2v) is 7.59. The van der Waals surface area contributed by atoms with E-state index in [-0.39, 0.29) is 17.5 Å². The van der Waals surface area contributed by atoms with Gasteiger partial charge in [0, 0.05) is 35.2 Å². The van der Waals surface area contributed by atoms with Crippen molar-refractivity contribution >= 4 is 46.1 Å². The van der Waals surface area contributed by atoms with E-state index in [0.717, 1.165) is 22.0 Å². The average molecular weight is 412 g/mol. The Kier molecular flexibility index (Phi) is 6.08. The normalized spacial score (nSPS) is 11.6. The SMILES string of the molecule is CC(C)NC(=O)/C(C#N)=C\c1cn(Cc2ccc(Cl)c(Cl)c2)c2ccccc12. The number of carbonyl (C=O) groups excluding carboxylic acids is 1. The van der Waals surface area contributed by atoms with Gasteiger partial charge in [-0.25, -0.2) is 0 Å². The van der Waals surface area contributed by atoms with Crippen LogP contribution in [0.2, 0.25) is 10.0 Å². The molecule has 1 amide bonds. The predicted molar refractivity (Wildman–Crippen MR) is 114 cm³/mol. The first-order chi connectivity index (χ1) is 13.4. The molecule has 3 aromatic rings. The van der Waals surface area contributed by atoms with Gasteiger partial charge in [-0.2, -0.15) is 5.26 Å². The van der Waals surface area contributed by atoms with Gasteiger partial charge in [0.15, 0.2) is 0 Å². The van der Waals surface area contributed by atoms with Crippen LogP contribution in [0.5, 0.6) is 0 Å². The minimum Gasteiger partial charge on any atom is -0.349 e. The van der Waals surface area contributed by atoms with Gasteiger partial charge in [-0.1, -0.05) is 47.5 Å². The van der Waals surface area contributed by atoms with E-state index in [1.54, 1.807) is 12.1 Å². The fourth-order valence-electron chi connectivity index (χ4n) is 3.00. The molecule has 0 fully saturated rings. The fraction of sp³-hybridized carbons (Fsp3) is 0.182. The summed E-state index contributed by atoms with van der Waals surface area (Å²) < 4.78 is 2.07. The molecule has 1 aromatic heterocycles. The highest BCUT2D eigenvalue weighted by Crippen LogP contribution is 2.27. The third-order valence-electron chi connectivity index (χ3n) is 4.24. The van der Waals surface area contributed by atoms with Crippen molar-refractivity contribution in [1.82, 2.24) is 9.88 Å². The minimum absolute atomic E-state index is 0.0414. The highest BCUT2D eigenvalue weighted by Gasteiger charge is 2.13. The van der Waals surface area contributed by atoms with Crippen molar-refractivity contribution in [2.75, 3.05) is 0 Å². The third-order valence-corrected chi connectivity index (χ3v) is 4.98. The van der Waals surface area contributed by atoms with Gasteiger partial charge in [0.2, 0.25) is 0 Å². The van der Waals surface area contributed by atoms with Crippen molar-refractivity contribution in [3.05, 3.63) is 75.4 Å². The Morgan fingerprint density at radius 1 is 1.21 bits per heavy atom. The zero-order valence-corrected chi connectivity index (χ0v) is 17.1. The van der Waals surface area contributed by atoms with Gasteiger partial charge < -0.3 is 9.88 Å². The van der Waals surface area contributed by atoms with Gasteiger partial charge in [-0.3, -0.25) is 4.79 Å². The lowest BCUT2D eigenvalue weighted by molar-refractivity contribution is -0.117. The summed E-state index contributed by atoms with van der Waals surface area (Å²) in [6.07, 6.45) is 3.57. The first kappa shape index (κ1) is 20.0. The van der Waals surface area contributed by atoms with Crippen LogP contribution >= 0.6 is 23.2 Å². The number of para-hydroxylation sites is 1. The summed E-state index contributed by atoms with van der Waals surface area (Å²) in [5.74, 6) is -0.376. The van der Waals surface area contributed by atoms with Gasteiger partial charge in [0.25, 0.3) is 5.91 Å². The molecule has 1 N–H and O–H groups in total. The van der Waals surface area contributed by atoms with Crippen molar-refractivity contribution in [1.29, 1.82) is 5.26 Å². The zero-order chi connectivity index (χ0) is 20.3. The molecule has 2 aromatic carbocycles. The van der Waals surface area contributed by atoms with Crippen molar-refractivity contribution in [2.45, 2.75) is 26.4 Å². The monoisotopic (exact) mass is 411 g/mol. The maximum atomic E-state index is 12.3. The van der Waals surface area contributed by atoms with E-state index in [4.69, 9.17) is 23.2 Å². The quantitative estimate of drug-likeness (QED) is 0.449. The molecule has 0 aliphatic carbocycles. The number of rotatable bonds is 5. The number of nitrogens with zero attached hydrogens (tertiary/aromatic N) is 2. The van der Waals surface area contributed by atoms with Crippen LogP contribution in [-0.2, 0) is 11.3 Å². The van der Waals surface area contributed by atoms with Crippen molar-refractivity contribution in [3.63, 3.8) is 0 Å². The number of benzene rings is 2. The molecule has 0 aliphatic heterocycles. The van der Waals surface area contributed by atoms with E-state index in [1.807, 2.05) is 62.5 Å². The molecule has 0 bridgehead atoms. The first-order valence-corrected chi connectivity index (χ1v) is 9.59. The number of nitriles is 1. The Morgan fingerprint density at radius 2 is 1.96 bits per heavy atom. The van der Waals surface area contributed by atoms with Crippen LogP contribution in [0.3, 0.4) is 0 Å². The molecule has 4 nitrogen and oxygen atoms in total. The number of aromatic nitrogens is 1. The lowest BCUT2D eigenvalue weighted by Crippen LogP contribution is -2.30. The maximum absolute atomic E-state index is 12.3. The van der Waals surface area contributed by atoms with Gasteiger partial charge in [-0.15, -0.1) is 0 Å². The van der Waals surface area contributed by atoms with Crippen LogP contribution in [-0.4, -0.2) is 16.5 Å². The van der Waals surface area contributed by atoms with Gasteiger partial charge in [0.1, 0.15) is 11.6 Å². The number of halogens is 2. The molecule has 0 spiro atoms. The van der Waals surface area contributed by atoms with E-state index in [2.05, 4.69) is 9.88 Å². The summed E-state index contributed by atoms with van der Waals surface area (Å²) in [7, 11) is 0. The van der Waals surface area contributed by atoms with Gasteiger partial charge >= 0.3 is 0 Å². The van der Waals surface area contributed by atoms with E-state index in [0.29, 0.717) is 16.6 Å². The van der Waals surface area contributed by atoms with Crippen LogP contribution in [0.4, 0.5) is 0 Å². The molecule has 0 saturated carbocycles. The number of carbonyl (C=O) groups is 1.